The fourth-order valence-electron chi connectivity index (χ4n) is 4.03. The summed E-state index contributed by atoms with van der Waals surface area (Å²) in [4.78, 5) is 27.7. The lowest BCUT2D eigenvalue weighted by Gasteiger charge is -2.32. The van der Waals surface area contributed by atoms with Gasteiger partial charge >= 0.3 is 6.18 Å². The molecule has 1 N–H and O–H groups in total. The van der Waals surface area contributed by atoms with Crippen molar-refractivity contribution in [3.8, 4) is 0 Å². The van der Waals surface area contributed by atoms with E-state index in [2.05, 4.69) is 5.32 Å². The normalized spacial score (nSPS) is 12.6. The van der Waals surface area contributed by atoms with Crippen LogP contribution >= 0.6 is 23.2 Å². The molecular weight excluding hydrogens is 614 g/mol. The molecule has 3 rings (SSSR count). The highest BCUT2D eigenvalue weighted by molar-refractivity contribution is 7.92. The third kappa shape index (κ3) is 8.17. The van der Waals surface area contributed by atoms with Gasteiger partial charge in [0.2, 0.25) is 11.8 Å². The Balaban J connectivity index is 2.12. The second-order valence-corrected chi connectivity index (χ2v) is 12.7. The predicted octanol–water partition coefficient (Wildman–Crippen LogP) is 6.46. The molecule has 0 aliphatic carbocycles. The number of sulfonamides is 1. The van der Waals surface area contributed by atoms with Gasteiger partial charge in [0.15, 0.2) is 0 Å². The lowest BCUT2D eigenvalue weighted by Crippen LogP contribution is -2.52. The zero-order valence-electron chi connectivity index (χ0n) is 23.2. The first-order valence-corrected chi connectivity index (χ1v) is 15.0. The number of nitrogens with one attached hydrogen (secondary N) is 1. The Hall–Kier alpha value is -3.28. The van der Waals surface area contributed by atoms with Crippen molar-refractivity contribution in [2.45, 2.75) is 57.4 Å². The van der Waals surface area contributed by atoms with Crippen LogP contribution in [-0.2, 0) is 32.3 Å². The smallest absolute Gasteiger partial charge is 0.352 e. The summed E-state index contributed by atoms with van der Waals surface area (Å²) < 4.78 is 69.5. The maximum absolute atomic E-state index is 13.9. The average Bonchev–Trinajstić information content (AvgIpc) is 2.90. The number of nitrogens with zero attached hydrogens (tertiary/aromatic N) is 2. The van der Waals surface area contributed by atoms with Crippen molar-refractivity contribution in [1.29, 1.82) is 0 Å². The summed E-state index contributed by atoms with van der Waals surface area (Å²) in [5.74, 6) is -1.32. The van der Waals surface area contributed by atoms with Crippen molar-refractivity contribution >= 4 is 50.7 Å². The second kappa shape index (κ2) is 13.4. The number of carbonyl (C=O) groups is 2. The van der Waals surface area contributed by atoms with Crippen LogP contribution in [0.3, 0.4) is 0 Å². The Morgan fingerprint density at radius 3 is 2.07 bits per heavy atom. The molecule has 7 nitrogen and oxygen atoms in total. The number of rotatable bonds is 10. The van der Waals surface area contributed by atoms with E-state index in [1.165, 1.54) is 36.1 Å². The summed E-state index contributed by atoms with van der Waals surface area (Å²) in [6.07, 6.45) is -4.89. The molecular formula is C29H30Cl2F3N3O4S. The maximum atomic E-state index is 13.9. The van der Waals surface area contributed by atoms with Crippen LogP contribution in [0.25, 0.3) is 0 Å². The van der Waals surface area contributed by atoms with Crippen molar-refractivity contribution < 1.29 is 31.2 Å². The third-order valence-electron chi connectivity index (χ3n) is 6.30. The van der Waals surface area contributed by atoms with Gasteiger partial charge in [0, 0.05) is 17.6 Å². The molecule has 0 bridgehead atoms. The molecule has 3 aromatic carbocycles. The van der Waals surface area contributed by atoms with E-state index in [4.69, 9.17) is 23.2 Å². The van der Waals surface area contributed by atoms with Gasteiger partial charge in [-0.1, -0.05) is 53.0 Å². The average molecular weight is 645 g/mol. The van der Waals surface area contributed by atoms with Crippen LogP contribution in [0.1, 0.15) is 37.5 Å². The zero-order chi connectivity index (χ0) is 31.4. The summed E-state index contributed by atoms with van der Waals surface area (Å²) >= 11 is 11.8. The molecule has 13 heteroatoms. The van der Waals surface area contributed by atoms with Gasteiger partial charge in [0.1, 0.15) is 12.6 Å². The molecule has 0 saturated heterocycles. The summed E-state index contributed by atoms with van der Waals surface area (Å²) in [5.41, 5.74) is -0.343. The number of hydrogen-bond acceptors (Lipinski definition) is 4. The fraction of sp³-hybridized carbons (Fsp3) is 0.310. The first kappa shape index (κ1) is 33.2. The van der Waals surface area contributed by atoms with Gasteiger partial charge in [-0.2, -0.15) is 13.2 Å². The van der Waals surface area contributed by atoms with Crippen molar-refractivity contribution in [1.82, 2.24) is 10.2 Å². The number of aryl methyl sites for hydroxylation is 1. The SMILES string of the molecule is Cc1ccc(S(=O)(=O)N(CC(=O)N(Cc2ccc(Cl)cc2)[C@@H](C)C(=O)NC(C)C)c2ccc(Cl)c(C(F)(F)F)c2)cc1. The van der Waals surface area contributed by atoms with Gasteiger partial charge in [-0.15, -0.1) is 0 Å². The van der Waals surface area contributed by atoms with E-state index in [1.54, 1.807) is 45.0 Å². The van der Waals surface area contributed by atoms with E-state index in [0.29, 0.717) is 21.0 Å². The van der Waals surface area contributed by atoms with E-state index in [9.17, 15) is 31.2 Å². The molecule has 42 heavy (non-hydrogen) atoms. The van der Waals surface area contributed by atoms with E-state index >= 15 is 0 Å². The molecule has 0 saturated carbocycles. The number of amides is 2. The highest BCUT2D eigenvalue weighted by Gasteiger charge is 2.37. The van der Waals surface area contributed by atoms with Gasteiger partial charge in [0.05, 0.1) is 21.2 Å². The minimum atomic E-state index is -4.89. The standard InChI is InChI=1S/C29H30Cl2F3N3O4S/c1-18(2)35-28(39)20(4)36(16-21-7-9-22(30)10-8-21)27(38)17-37(42(40,41)24-12-5-19(3)6-13-24)23-11-14-26(31)25(15-23)29(32,33)34/h5-15,18,20H,16-17H2,1-4H3,(H,35,39)/t20-/m0/s1. The molecule has 226 valence electrons. The Morgan fingerprint density at radius 2 is 1.52 bits per heavy atom. The summed E-state index contributed by atoms with van der Waals surface area (Å²) in [6, 6.07) is 13.4. The van der Waals surface area contributed by atoms with Crippen molar-refractivity contribution in [3.05, 3.63) is 93.5 Å². The van der Waals surface area contributed by atoms with Crippen molar-refractivity contribution in [2.24, 2.45) is 0 Å². The third-order valence-corrected chi connectivity index (χ3v) is 8.67. The van der Waals surface area contributed by atoms with Crippen LogP contribution in [0.4, 0.5) is 18.9 Å². The number of hydrogen-bond donors (Lipinski definition) is 1. The molecule has 0 fully saturated rings. The number of alkyl halides is 3. The van der Waals surface area contributed by atoms with E-state index in [0.717, 1.165) is 17.7 Å². The zero-order valence-corrected chi connectivity index (χ0v) is 25.6. The number of anilines is 1. The predicted molar refractivity (Wildman–Crippen MR) is 157 cm³/mol. The Kier molecular flexibility index (Phi) is 10.6. The van der Waals surface area contributed by atoms with Gasteiger partial charge < -0.3 is 10.2 Å². The largest absolute Gasteiger partial charge is 0.417 e. The molecule has 1 atom stereocenters. The Morgan fingerprint density at radius 1 is 0.929 bits per heavy atom. The van der Waals surface area contributed by atoms with E-state index in [-0.39, 0.29) is 17.5 Å². The van der Waals surface area contributed by atoms with Gasteiger partial charge in [-0.3, -0.25) is 13.9 Å². The van der Waals surface area contributed by atoms with Crippen molar-refractivity contribution in [3.63, 3.8) is 0 Å². The molecule has 3 aromatic rings. The van der Waals surface area contributed by atoms with Gasteiger partial charge in [-0.25, -0.2) is 8.42 Å². The second-order valence-electron chi connectivity index (χ2n) is 9.97. The molecule has 0 radical (unpaired) electrons. The van der Waals surface area contributed by atoms with Crippen LogP contribution in [0.5, 0.6) is 0 Å². The monoisotopic (exact) mass is 643 g/mol. The summed E-state index contributed by atoms with van der Waals surface area (Å²) in [5, 5.41) is 2.54. The molecule has 0 aliphatic rings. The first-order valence-electron chi connectivity index (χ1n) is 12.8. The molecule has 0 aliphatic heterocycles. The number of carbonyl (C=O) groups excluding carboxylic acids is 2. The van der Waals surface area contributed by atoms with Crippen molar-refractivity contribution in [2.75, 3.05) is 10.8 Å². The number of halogens is 5. The van der Waals surface area contributed by atoms with Crippen LogP contribution in [0, 0.1) is 6.92 Å². The van der Waals surface area contributed by atoms with Crippen LogP contribution < -0.4 is 9.62 Å². The lowest BCUT2D eigenvalue weighted by molar-refractivity contribution is -0.139. The minimum Gasteiger partial charge on any atom is -0.352 e. The molecule has 0 heterocycles. The summed E-state index contributed by atoms with van der Waals surface area (Å²) in [7, 11) is -4.56. The highest BCUT2D eigenvalue weighted by Crippen LogP contribution is 2.38. The van der Waals surface area contributed by atoms with E-state index < -0.39 is 56.9 Å². The summed E-state index contributed by atoms with van der Waals surface area (Å²) in [6.45, 7) is 5.70. The maximum Gasteiger partial charge on any atom is 0.417 e. The molecule has 0 unspecified atom stereocenters. The fourth-order valence-corrected chi connectivity index (χ4v) is 5.78. The number of benzene rings is 3. The van der Waals surface area contributed by atoms with E-state index in [1.807, 2.05) is 0 Å². The molecule has 0 aromatic heterocycles. The first-order chi connectivity index (χ1) is 19.5. The Bertz CT molecular complexity index is 1530. The quantitative estimate of drug-likeness (QED) is 0.275. The van der Waals surface area contributed by atoms with Gasteiger partial charge in [0.25, 0.3) is 10.0 Å². The van der Waals surface area contributed by atoms with Crippen LogP contribution in [-0.4, -0.2) is 43.8 Å². The topological polar surface area (TPSA) is 86.8 Å². The van der Waals surface area contributed by atoms with Crippen LogP contribution in [0.15, 0.2) is 71.6 Å². The lowest BCUT2D eigenvalue weighted by atomic mass is 10.1. The minimum absolute atomic E-state index is 0.102. The van der Waals surface area contributed by atoms with Crippen LogP contribution in [0.2, 0.25) is 10.0 Å². The highest BCUT2D eigenvalue weighted by atomic mass is 35.5. The van der Waals surface area contributed by atoms with Gasteiger partial charge in [-0.05, 0) is 75.7 Å². The molecule has 2 amide bonds. The molecule has 0 spiro atoms. The Labute approximate surface area is 253 Å².